The molecule has 1 N–H and O–H groups in total. The average Bonchev–Trinajstić information content (AvgIpc) is 3.38. The van der Waals surface area contributed by atoms with Gasteiger partial charge < -0.3 is 18.8 Å². The van der Waals surface area contributed by atoms with Crippen molar-refractivity contribution in [3.05, 3.63) is 48.3 Å². The van der Waals surface area contributed by atoms with Gasteiger partial charge in [-0.2, -0.15) is 13.2 Å². The minimum Gasteiger partial charge on any atom is -0.480 e. The molecular formula is C18H14F3N3O4. The molecule has 10 heteroatoms. The zero-order chi connectivity index (χ0) is 20.1. The van der Waals surface area contributed by atoms with Gasteiger partial charge in [0.2, 0.25) is 0 Å². The van der Waals surface area contributed by atoms with E-state index in [-0.39, 0.29) is 17.8 Å². The highest BCUT2D eigenvalue weighted by atomic mass is 19.4. The lowest BCUT2D eigenvalue weighted by Crippen LogP contribution is -2.40. The van der Waals surface area contributed by atoms with Crippen molar-refractivity contribution in [2.45, 2.75) is 25.1 Å². The van der Waals surface area contributed by atoms with Gasteiger partial charge >= 0.3 is 12.1 Å². The first kappa shape index (κ1) is 18.1. The number of furan rings is 1. The van der Waals surface area contributed by atoms with Gasteiger partial charge in [0.15, 0.2) is 0 Å². The molecular weight excluding hydrogens is 379 g/mol. The molecule has 28 heavy (non-hydrogen) atoms. The normalized spacial score (nSPS) is 17.4. The van der Waals surface area contributed by atoms with E-state index in [0.717, 1.165) is 15.4 Å². The monoisotopic (exact) mass is 393 g/mol. The van der Waals surface area contributed by atoms with E-state index in [1.807, 2.05) is 0 Å². The summed E-state index contributed by atoms with van der Waals surface area (Å²) in [6.07, 6.45) is 1.37. The van der Waals surface area contributed by atoms with Crippen molar-refractivity contribution < 1.29 is 32.3 Å². The molecule has 1 fully saturated rings. The van der Waals surface area contributed by atoms with E-state index in [9.17, 15) is 27.9 Å². The number of hydrogen-bond donors (Lipinski definition) is 1. The number of likely N-dealkylation sites (tertiary alicyclic amines) is 1. The van der Waals surface area contributed by atoms with Gasteiger partial charge in [-0.15, -0.1) is 0 Å². The molecule has 0 aromatic carbocycles. The minimum absolute atomic E-state index is 0.218. The summed E-state index contributed by atoms with van der Waals surface area (Å²) in [5.74, 6) is -1.85. The van der Waals surface area contributed by atoms with Gasteiger partial charge in [-0.1, -0.05) is 0 Å². The first-order valence-electron chi connectivity index (χ1n) is 8.42. The quantitative estimate of drug-likeness (QED) is 0.738. The van der Waals surface area contributed by atoms with Gasteiger partial charge in [0.05, 0.1) is 18.1 Å². The molecule has 4 rings (SSSR count). The van der Waals surface area contributed by atoms with Gasteiger partial charge in [-0.3, -0.25) is 4.79 Å². The number of aliphatic carboxylic acids is 1. The number of carboxylic acid groups (broad SMARTS) is 1. The molecule has 1 unspecified atom stereocenters. The fraction of sp³-hybridized carbons (Fsp3) is 0.278. The van der Waals surface area contributed by atoms with Crippen LogP contribution in [0.5, 0.6) is 0 Å². The highest BCUT2D eigenvalue weighted by molar-refractivity contribution is 5.96. The second-order valence-corrected chi connectivity index (χ2v) is 6.50. The van der Waals surface area contributed by atoms with Crippen molar-refractivity contribution >= 4 is 17.5 Å². The summed E-state index contributed by atoms with van der Waals surface area (Å²) in [6.45, 7) is 0.218. The molecule has 3 aromatic heterocycles. The van der Waals surface area contributed by atoms with E-state index < -0.39 is 35.3 Å². The van der Waals surface area contributed by atoms with Crippen LogP contribution in [0.25, 0.3) is 16.8 Å². The van der Waals surface area contributed by atoms with Crippen molar-refractivity contribution in [2.75, 3.05) is 6.54 Å². The van der Waals surface area contributed by atoms with E-state index in [0.29, 0.717) is 18.4 Å². The Morgan fingerprint density at radius 3 is 2.68 bits per heavy atom. The number of imidazole rings is 1. The lowest BCUT2D eigenvalue weighted by atomic mass is 10.1. The van der Waals surface area contributed by atoms with E-state index >= 15 is 0 Å². The SMILES string of the molecule is O=C(O)C1CCCN1C(=O)c1cn2cc(-c3ccoc3)cc(C(F)(F)F)c2n1. The summed E-state index contributed by atoms with van der Waals surface area (Å²) >= 11 is 0. The molecule has 146 valence electrons. The van der Waals surface area contributed by atoms with Crippen molar-refractivity contribution in [3.8, 4) is 11.1 Å². The third-order valence-corrected chi connectivity index (χ3v) is 4.73. The molecule has 0 bridgehead atoms. The van der Waals surface area contributed by atoms with Crippen LogP contribution < -0.4 is 0 Å². The topological polar surface area (TPSA) is 88.0 Å². The number of carbonyl (C=O) groups excluding carboxylic acids is 1. The summed E-state index contributed by atoms with van der Waals surface area (Å²) in [5.41, 5.74) is -0.965. The Hall–Kier alpha value is -3.30. The Morgan fingerprint density at radius 1 is 1.25 bits per heavy atom. The van der Waals surface area contributed by atoms with Crippen molar-refractivity contribution in [1.82, 2.24) is 14.3 Å². The Labute approximate surface area is 156 Å². The first-order valence-corrected chi connectivity index (χ1v) is 8.42. The molecule has 1 atom stereocenters. The maximum Gasteiger partial charge on any atom is 0.420 e. The molecule has 3 aromatic rings. The summed E-state index contributed by atoms with van der Waals surface area (Å²) in [7, 11) is 0. The van der Waals surface area contributed by atoms with Crippen molar-refractivity contribution in [1.29, 1.82) is 0 Å². The largest absolute Gasteiger partial charge is 0.480 e. The number of carboxylic acids is 1. The number of halogens is 3. The zero-order valence-electron chi connectivity index (χ0n) is 14.3. The predicted molar refractivity (Wildman–Crippen MR) is 89.6 cm³/mol. The second-order valence-electron chi connectivity index (χ2n) is 6.50. The smallest absolute Gasteiger partial charge is 0.420 e. The molecule has 4 heterocycles. The average molecular weight is 393 g/mol. The predicted octanol–water partition coefficient (Wildman–Crippen LogP) is 3.30. The molecule has 1 saturated heterocycles. The van der Waals surface area contributed by atoms with Gasteiger partial charge in [-0.25, -0.2) is 9.78 Å². The summed E-state index contributed by atoms with van der Waals surface area (Å²) in [5, 5.41) is 9.23. The summed E-state index contributed by atoms with van der Waals surface area (Å²) in [6, 6.07) is 1.46. The summed E-state index contributed by atoms with van der Waals surface area (Å²) < 4.78 is 46.8. The molecule has 0 aliphatic carbocycles. The molecule has 1 aliphatic rings. The minimum atomic E-state index is -4.69. The van der Waals surface area contributed by atoms with Crippen molar-refractivity contribution in [2.24, 2.45) is 0 Å². The summed E-state index contributed by atoms with van der Waals surface area (Å²) in [4.78, 5) is 29.0. The number of pyridine rings is 1. The first-order chi connectivity index (χ1) is 13.3. The number of amides is 1. The number of fused-ring (bicyclic) bond motifs is 1. The van der Waals surface area contributed by atoms with E-state index in [1.165, 1.54) is 31.0 Å². The van der Waals surface area contributed by atoms with Crippen LogP contribution >= 0.6 is 0 Å². The maximum absolute atomic E-state index is 13.6. The third-order valence-electron chi connectivity index (χ3n) is 4.73. The van der Waals surface area contributed by atoms with Crippen LogP contribution in [0.15, 0.2) is 41.5 Å². The number of aromatic nitrogens is 2. The number of alkyl halides is 3. The molecule has 1 amide bonds. The van der Waals surface area contributed by atoms with E-state index in [4.69, 9.17) is 4.42 Å². The fourth-order valence-electron chi connectivity index (χ4n) is 3.41. The van der Waals surface area contributed by atoms with Crippen LogP contribution in [0, 0.1) is 0 Å². The zero-order valence-corrected chi connectivity index (χ0v) is 14.3. The highest BCUT2D eigenvalue weighted by Crippen LogP contribution is 2.35. The third kappa shape index (κ3) is 3.00. The molecule has 0 spiro atoms. The van der Waals surface area contributed by atoms with Crippen LogP contribution in [-0.2, 0) is 11.0 Å². The fourth-order valence-corrected chi connectivity index (χ4v) is 3.41. The van der Waals surface area contributed by atoms with Gasteiger partial charge in [0.25, 0.3) is 5.91 Å². The van der Waals surface area contributed by atoms with Crippen LogP contribution in [-0.4, -0.2) is 43.9 Å². The lowest BCUT2D eigenvalue weighted by Gasteiger charge is -2.19. The van der Waals surface area contributed by atoms with Crippen LogP contribution in [0.2, 0.25) is 0 Å². The lowest BCUT2D eigenvalue weighted by molar-refractivity contribution is -0.141. The Morgan fingerprint density at radius 2 is 2.04 bits per heavy atom. The van der Waals surface area contributed by atoms with Gasteiger partial charge in [0.1, 0.15) is 17.4 Å². The van der Waals surface area contributed by atoms with Crippen molar-refractivity contribution in [3.63, 3.8) is 0 Å². The standard InChI is InChI=1S/C18H14F3N3O4/c19-18(20,21)12-6-11(10-3-5-28-9-10)7-23-8-13(22-15(12)23)16(25)24-4-1-2-14(24)17(26)27/h3,5-9,14H,1-2,4H2,(H,26,27). The molecule has 0 radical (unpaired) electrons. The second kappa shape index (κ2) is 6.39. The number of rotatable bonds is 3. The Kier molecular flexibility index (Phi) is 4.13. The maximum atomic E-state index is 13.6. The van der Waals surface area contributed by atoms with Crippen LogP contribution in [0.3, 0.4) is 0 Å². The van der Waals surface area contributed by atoms with Gasteiger partial charge in [0, 0.05) is 30.1 Å². The molecule has 7 nitrogen and oxygen atoms in total. The Balaban J connectivity index is 1.82. The van der Waals surface area contributed by atoms with Gasteiger partial charge in [-0.05, 0) is 25.0 Å². The number of carbonyl (C=O) groups is 2. The molecule has 0 saturated carbocycles. The number of hydrogen-bond acceptors (Lipinski definition) is 4. The van der Waals surface area contributed by atoms with E-state index in [2.05, 4.69) is 4.98 Å². The molecule has 1 aliphatic heterocycles. The number of nitrogens with zero attached hydrogens (tertiary/aromatic N) is 3. The Bertz CT molecular complexity index is 1060. The van der Waals surface area contributed by atoms with Crippen LogP contribution in [0.4, 0.5) is 13.2 Å². The van der Waals surface area contributed by atoms with E-state index in [1.54, 1.807) is 0 Å². The van der Waals surface area contributed by atoms with Crippen LogP contribution in [0.1, 0.15) is 28.9 Å². The highest BCUT2D eigenvalue weighted by Gasteiger charge is 2.38.